The Hall–Kier alpha value is -1.92. The molecule has 0 spiro atoms. The van der Waals surface area contributed by atoms with Crippen molar-refractivity contribution in [2.24, 2.45) is 5.92 Å². The van der Waals surface area contributed by atoms with Crippen LogP contribution in [0.3, 0.4) is 0 Å². The van der Waals surface area contributed by atoms with E-state index in [4.69, 9.17) is 9.84 Å². The first-order valence-electron chi connectivity index (χ1n) is 5.99. The Labute approximate surface area is 115 Å². The van der Waals surface area contributed by atoms with Crippen molar-refractivity contribution in [3.8, 4) is 0 Å². The third kappa shape index (κ3) is 3.79. The van der Waals surface area contributed by atoms with Gasteiger partial charge in [0.05, 0.1) is 6.54 Å². The summed E-state index contributed by atoms with van der Waals surface area (Å²) in [6, 6.07) is 0. The summed E-state index contributed by atoms with van der Waals surface area (Å²) in [5.74, 6) is -4.47. The number of ether oxygens (including phenoxy) is 1. The van der Waals surface area contributed by atoms with Crippen molar-refractivity contribution in [2.75, 3.05) is 6.54 Å². The Bertz CT molecular complexity index is 467. The predicted molar refractivity (Wildman–Crippen MR) is 67.5 cm³/mol. The Morgan fingerprint density at radius 2 is 2.10 bits per heavy atom. The summed E-state index contributed by atoms with van der Waals surface area (Å²) < 4.78 is 33.0. The summed E-state index contributed by atoms with van der Waals surface area (Å²) in [4.78, 5) is 22.4. The Balaban J connectivity index is 2.77. The van der Waals surface area contributed by atoms with Crippen molar-refractivity contribution in [1.82, 2.24) is 5.32 Å². The molecule has 7 heteroatoms. The molecule has 1 aliphatic carbocycles. The Morgan fingerprint density at radius 3 is 2.60 bits per heavy atom. The van der Waals surface area contributed by atoms with E-state index in [9.17, 15) is 18.4 Å². The predicted octanol–water partition coefficient (Wildman–Crippen LogP) is 2.34. The summed E-state index contributed by atoms with van der Waals surface area (Å²) in [6.45, 7) is 4.01. The maximum Gasteiger partial charge on any atom is 0.407 e. The highest BCUT2D eigenvalue weighted by atomic mass is 19.2. The standard InChI is InChI=1S/C13H17F2NO4/c1-12(2,3)20-11(19)16-7-13(15)8(10(17)18)5-4-6-9(13)14/h4-6,8H,7H2,1-3H3,(H,16,19)(H,17,18). The zero-order chi connectivity index (χ0) is 15.6. The van der Waals surface area contributed by atoms with E-state index in [2.05, 4.69) is 5.32 Å². The van der Waals surface area contributed by atoms with Crippen LogP contribution in [0.15, 0.2) is 24.1 Å². The second-order valence-corrected chi connectivity index (χ2v) is 5.43. The number of carbonyl (C=O) groups is 2. The van der Waals surface area contributed by atoms with Crippen LogP contribution in [0, 0.1) is 5.92 Å². The van der Waals surface area contributed by atoms with Gasteiger partial charge in [0.1, 0.15) is 17.3 Å². The Kier molecular flexibility index (Phi) is 4.52. The maximum absolute atomic E-state index is 14.5. The van der Waals surface area contributed by atoms with Gasteiger partial charge in [-0.3, -0.25) is 4.79 Å². The highest BCUT2D eigenvalue weighted by molar-refractivity contribution is 5.76. The number of halogens is 2. The zero-order valence-corrected chi connectivity index (χ0v) is 11.4. The molecule has 0 fully saturated rings. The fraction of sp³-hybridized carbons (Fsp3) is 0.538. The van der Waals surface area contributed by atoms with Crippen molar-refractivity contribution < 1.29 is 28.2 Å². The van der Waals surface area contributed by atoms with Gasteiger partial charge in [0, 0.05) is 0 Å². The van der Waals surface area contributed by atoms with Gasteiger partial charge in [-0.05, 0) is 26.8 Å². The number of amides is 1. The second-order valence-electron chi connectivity index (χ2n) is 5.43. The number of carboxylic acid groups (broad SMARTS) is 1. The molecular weight excluding hydrogens is 272 g/mol. The van der Waals surface area contributed by atoms with Gasteiger partial charge < -0.3 is 15.2 Å². The molecule has 0 aliphatic heterocycles. The second kappa shape index (κ2) is 5.60. The van der Waals surface area contributed by atoms with E-state index in [-0.39, 0.29) is 0 Å². The fourth-order valence-electron chi connectivity index (χ4n) is 1.68. The Morgan fingerprint density at radius 1 is 1.50 bits per heavy atom. The van der Waals surface area contributed by atoms with Gasteiger partial charge in [0.15, 0.2) is 5.67 Å². The van der Waals surface area contributed by atoms with Gasteiger partial charge in [0.25, 0.3) is 0 Å². The number of rotatable bonds is 3. The summed E-state index contributed by atoms with van der Waals surface area (Å²) in [6.07, 6.45) is 2.04. The van der Waals surface area contributed by atoms with Crippen LogP contribution in [0.2, 0.25) is 0 Å². The van der Waals surface area contributed by atoms with Crippen LogP contribution in [-0.2, 0) is 9.53 Å². The molecule has 5 nitrogen and oxygen atoms in total. The van der Waals surface area contributed by atoms with Crippen molar-refractivity contribution in [2.45, 2.75) is 32.0 Å². The van der Waals surface area contributed by atoms with E-state index >= 15 is 0 Å². The van der Waals surface area contributed by atoms with Crippen LogP contribution in [0.5, 0.6) is 0 Å². The average molecular weight is 289 g/mol. The minimum absolute atomic E-state index is 0.791. The third-order valence-corrected chi connectivity index (χ3v) is 2.59. The lowest BCUT2D eigenvalue weighted by atomic mass is 9.84. The van der Waals surface area contributed by atoms with E-state index in [0.717, 1.165) is 18.2 Å². The topological polar surface area (TPSA) is 75.6 Å². The summed E-state index contributed by atoms with van der Waals surface area (Å²) in [5.41, 5.74) is -3.61. The number of alkyl carbamates (subject to hydrolysis) is 1. The largest absolute Gasteiger partial charge is 0.481 e. The van der Waals surface area contributed by atoms with Gasteiger partial charge in [-0.1, -0.05) is 12.2 Å². The van der Waals surface area contributed by atoms with Crippen LogP contribution in [-0.4, -0.2) is 35.0 Å². The minimum Gasteiger partial charge on any atom is -0.481 e. The normalized spacial score (nSPS) is 25.9. The first kappa shape index (κ1) is 16.1. The molecule has 0 aromatic carbocycles. The van der Waals surface area contributed by atoms with Gasteiger partial charge in [-0.2, -0.15) is 0 Å². The molecular formula is C13H17F2NO4. The molecule has 0 aromatic heterocycles. The number of hydrogen-bond donors (Lipinski definition) is 2. The number of carbonyl (C=O) groups excluding carboxylic acids is 1. The molecule has 0 radical (unpaired) electrons. The van der Waals surface area contributed by atoms with E-state index in [1.807, 2.05) is 0 Å². The number of carboxylic acids is 1. The quantitative estimate of drug-likeness (QED) is 0.836. The monoisotopic (exact) mass is 289 g/mol. The van der Waals surface area contributed by atoms with E-state index in [0.29, 0.717) is 0 Å². The molecule has 1 aliphatic rings. The zero-order valence-electron chi connectivity index (χ0n) is 11.4. The molecule has 2 atom stereocenters. The van der Waals surface area contributed by atoms with Gasteiger partial charge >= 0.3 is 12.1 Å². The third-order valence-electron chi connectivity index (χ3n) is 2.59. The lowest BCUT2D eigenvalue weighted by molar-refractivity contribution is -0.144. The van der Waals surface area contributed by atoms with Crippen molar-refractivity contribution in [3.05, 3.63) is 24.1 Å². The fourth-order valence-corrected chi connectivity index (χ4v) is 1.68. The van der Waals surface area contributed by atoms with Crippen LogP contribution >= 0.6 is 0 Å². The molecule has 0 saturated heterocycles. The lowest BCUT2D eigenvalue weighted by Crippen LogP contribution is -2.49. The molecule has 0 saturated carbocycles. The number of allylic oxidation sites excluding steroid dienone is 2. The summed E-state index contributed by atoms with van der Waals surface area (Å²) in [5, 5.41) is 11.0. The smallest absolute Gasteiger partial charge is 0.407 e. The summed E-state index contributed by atoms with van der Waals surface area (Å²) in [7, 11) is 0. The van der Waals surface area contributed by atoms with Gasteiger partial charge in [-0.15, -0.1) is 0 Å². The van der Waals surface area contributed by atoms with Gasteiger partial charge in [0.2, 0.25) is 0 Å². The lowest BCUT2D eigenvalue weighted by Gasteiger charge is -2.30. The molecule has 0 bridgehead atoms. The van der Waals surface area contributed by atoms with Crippen LogP contribution in [0.4, 0.5) is 13.6 Å². The van der Waals surface area contributed by atoms with E-state index in [1.54, 1.807) is 20.8 Å². The molecule has 2 unspecified atom stereocenters. The van der Waals surface area contributed by atoms with Crippen molar-refractivity contribution in [1.29, 1.82) is 0 Å². The highest BCUT2D eigenvalue weighted by Crippen LogP contribution is 2.35. The van der Waals surface area contributed by atoms with E-state index in [1.165, 1.54) is 0 Å². The summed E-state index contributed by atoms with van der Waals surface area (Å²) >= 11 is 0. The maximum atomic E-state index is 14.5. The molecule has 20 heavy (non-hydrogen) atoms. The molecule has 112 valence electrons. The highest BCUT2D eigenvalue weighted by Gasteiger charge is 2.48. The minimum atomic E-state index is -2.82. The molecule has 0 heterocycles. The molecule has 1 amide bonds. The number of hydrogen-bond acceptors (Lipinski definition) is 3. The van der Waals surface area contributed by atoms with Crippen molar-refractivity contribution in [3.63, 3.8) is 0 Å². The van der Waals surface area contributed by atoms with Crippen LogP contribution in [0.25, 0.3) is 0 Å². The molecule has 2 N–H and O–H groups in total. The first-order valence-corrected chi connectivity index (χ1v) is 5.99. The number of aliphatic carboxylic acids is 1. The first-order chi connectivity index (χ1) is 9.06. The molecule has 1 rings (SSSR count). The number of nitrogens with one attached hydrogen (secondary N) is 1. The number of alkyl halides is 1. The SMILES string of the molecule is CC(C)(C)OC(=O)NCC1(F)C(F)=CC=CC1C(=O)O. The van der Waals surface area contributed by atoms with Crippen molar-refractivity contribution >= 4 is 12.1 Å². The average Bonchev–Trinajstić information content (AvgIpc) is 2.28. The van der Waals surface area contributed by atoms with Crippen LogP contribution < -0.4 is 5.32 Å². The molecule has 0 aromatic rings. The van der Waals surface area contributed by atoms with Crippen LogP contribution in [0.1, 0.15) is 20.8 Å². The van der Waals surface area contributed by atoms with Gasteiger partial charge in [-0.25, -0.2) is 13.6 Å². The van der Waals surface area contributed by atoms with E-state index < -0.39 is 41.6 Å².